The molecule has 1 N–H and O–H groups in total. The standard InChI is InChI=1S/C14H20O/c1-14(2,3)13-9-11(15)8-10-6-4-5-7-12(10)13/h8-9,15H,4-7H2,1-3H3. The average Bonchev–Trinajstić information content (AvgIpc) is 2.15. The third-order valence-corrected chi connectivity index (χ3v) is 3.26. The van der Waals surface area contributed by atoms with Crippen molar-refractivity contribution in [3.63, 3.8) is 0 Å². The Balaban J connectivity index is 2.58. The number of hydrogen-bond donors (Lipinski definition) is 1. The maximum Gasteiger partial charge on any atom is 0.116 e. The second-order valence-corrected chi connectivity index (χ2v) is 5.59. The van der Waals surface area contributed by atoms with Crippen LogP contribution >= 0.6 is 0 Å². The summed E-state index contributed by atoms with van der Waals surface area (Å²) in [5.41, 5.74) is 4.33. The van der Waals surface area contributed by atoms with Crippen LogP contribution in [-0.4, -0.2) is 5.11 Å². The molecule has 1 aromatic rings. The Bertz CT molecular complexity index is 372. The lowest BCUT2D eigenvalue weighted by Crippen LogP contribution is -2.17. The van der Waals surface area contributed by atoms with E-state index in [2.05, 4.69) is 20.8 Å². The molecule has 0 radical (unpaired) electrons. The van der Waals surface area contributed by atoms with Crippen LogP contribution in [0.5, 0.6) is 5.75 Å². The van der Waals surface area contributed by atoms with Gasteiger partial charge in [0.05, 0.1) is 0 Å². The predicted octanol–water partition coefficient (Wildman–Crippen LogP) is 3.57. The van der Waals surface area contributed by atoms with Crippen LogP contribution in [0.4, 0.5) is 0 Å². The van der Waals surface area contributed by atoms with Gasteiger partial charge in [-0.05, 0) is 59.9 Å². The van der Waals surface area contributed by atoms with Gasteiger partial charge in [-0.25, -0.2) is 0 Å². The van der Waals surface area contributed by atoms with Crippen LogP contribution in [0.15, 0.2) is 12.1 Å². The van der Waals surface area contributed by atoms with E-state index in [1.807, 2.05) is 12.1 Å². The molecule has 15 heavy (non-hydrogen) atoms. The minimum Gasteiger partial charge on any atom is -0.508 e. The summed E-state index contributed by atoms with van der Waals surface area (Å²) < 4.78 is 0. The van der Waals surface area contributed by atoms with Crippen molar-refractivity contribution in [3.8, 4) is 5.75 Å². The summed E-state index contributed by atoms with van der Waals surface area (Å²) in [5, 5.41) is 9.73. The van der Waals surface area contributed by atoms with Crippen LogP contribution in [0.25, 0.3) is 0 Å². The summed E-state index contributed by atoms with van der Waals surface area (Å²) in [7, 11) is 0. The van der Waals surface area contributed by atoms with E-state index in [0.717, 1.165) is 6.42 Å². The molecule has 1 nitrogen and oxygen atoms in total. The third kappa shape index (κ3) is 2.01. The smallest absolute Gasteiger partial charge is 0.116 e. The van der Waals surface area contributed by atoms with Crippen molar-refractivity contribution < 1.29 is 5.11 Å². The van der Waals surface area contributed by atoms with Crippen molar-refractivity contribution >= 4 is 0 Å². The number of phenols is 1. The fourth-order valence-corrected chi connectivity index (χ4v) is 2.52. The second-order valence-electron chi connectivity index (χ2n) is 5.59. The maximum absolute atomic E-state index is 9.73. The molecular formula is C14H20O. The van der Waals surface area contributed by atoms with E-state index in [0.29, 0.717) is 5.75 Å². The summed E-state index contributed by atoms with van der Waals surface area (Å²) >= 11 is 0. The van der Waals surface area contributed by atoms with Crippen LogP contribution < -0.4 is 0 Å². The Morgan fingerprint density at radius 3 is 2.40 bits per heavy atom. The summed E-state index contributed by atoms with van der Waals surface area (Å²) in [4.78, 5) is 0. The molecule has 0 heterocycles. The van der Waals surface area contributed by atoms with Gasteiger partial charge in [0, 0.05) is 0 Å². The van der Waals surface area contributed by atoms with Gasteiger partial charge in [0.25, 0.3) is 0 Å². The molecule has 0 atom stereocenters. The van der Waals surface area contributed by atoms with Crippen molar-refractivity contribution in [2.24, 2.45) is 0 Å². The van der Waals surface area contributed by atoms with Gasteiger partial charge in [-0.15, -0.1) is 0 Å². The number of benzene rings is 1. The normalized spacial score (nSPS) is 16.2. The molecule has 0 unspecified atom stereocenters. The third-order valence-electron chi connectivity index (χ3n) is 3.26. The van der Waals surface area contributed by atoms with Crippen molar-refractivity contribution in [3.05, 3.63) is 28.8 Å². The molecule has 0 saturated carbocycles. The molecule has 1 heteroatoms. The van der Waals surface area contributed by atoms with Crippen LogP contribution in [0.2, 0.25) is 0 Å². The van der Waals surface area contributed by atoms with Gasteiger partial charge in [-0.3, -0.25) is 0 Å². The largest absolute Gasteiger partial charge is 0.508 e. The lowest BCUT2D eigenvalue weighted by Gasteiger charge is -2.27. The highest BCUT2D eigenvalue weighted by molar-refractivity contribution is 5.46. The van der Waals surface area contributed by atoms with Gasteiger partial charge >= 0.3 is 0 Å². The number of aromatic hydroxyl groups is 1. The molecule has 82 valence electrons. The molecule has 0 amide bonds. The Morgan fingerprint density at radius 1 is 1.07 bits per heavy atom. The highest BCUT2D eigenvalue weighted by Crippen LogP contribution is 2.35. The quantitative estimate of drug-likeness (QED) is 0.685. The van der Waals surface area contributed by atoms with Crippen LogP contribution in [-0.2, 0) is 18.3 Å². The summed E-state index contributed by atoms with van der Waals surface area (Å²) in [5.74, 6) is 0.431. The average molecular weight is 204 g/mol. The van der Waals surface area contributed by atoms with Crippen molar-refractivity contribution in [1.29, 1.82) is 0 Å². The lowest BCUT2D eigenvalue weighted by molar-refractivity contribution is 0.467. The second kappa shape index (κ2) is 3.55. The van der Waals surface area contributed by atoms with Gasteiger partial charge in [-0.1, -0.05) is 20.8 Å². The van der Waals surface area contributed by atoms with Crippen LogP contribution in [0.1, 0.15) is 50.3 Å². The Morgan fingerprint density at radius 2 is 1.73 bits per heavy atom. The highest BCUT2D eigenvalue weighted by Gasteiger charge is 2.22. The number of phenolic OH excluding ortho intramolecular Hbond substituents is 1. The van der Waals surface area contributed by atoms with Crippen LogP contribution in [0, 0.1) is 0 Å². The lowest BCUT2D eigenvalue weighted by atomic mass is 9.78. The molecule has 1 aliphatic rings. The van der Waals surface area contributed by atoms with E-state index in [4.69, 9.17) is 0 Å². The first-order valence-corrected chi connectivity index (χ1v) is 5.84. The van der Waals surface area contributed by atoms with Gasteiger partial charge in [-0.2, -0.15) is 0 Å². The summed E-state index contributed by atoms with van der Waals surface area (Å²) in [6, 6.07) is 3.90. The fourth-order valence-electron chi connectivity index (χ4n) is 2.52. The first-order chi connectivity index (χ1) is 6.98. The van der Waals surface area contributed by atoms with E-state index in [9.17, 15) is 5.11 Å². The zero-order valence-electron chi connectivity index (χ0n) is 9.93. The molecule has 0 bridgehead atoms. The van der Waals surface area contributed by atoms with Crippen molar-refractivity contribution in [1.82, 2.24) is 0 Å². The Hall–Kier alpha value is -0.980. The van der Waals surface area contributed by atoms with E-state index in [-0.39, 0.29) is 5.41 Å². The Labute approximate surface area is 92.1 Å². The minimum atomic E-state index is 0.139. The Kier molecular flexibility index (Phi) is 2.49. The molecule has 1 aliphatic carbocycles. The van der Waals surface area contributed by atoms with E-state index in [1.54, 1.807) is 0 Å². The zero-order chi connectivity index (χ0) is 11.1. The molecule has 0 aliphatic heterocycles. The maximum atomic E-state index is 9.73. The predicted molar refractivity (Wildman–Crippen MR) is 63.4 cm³/mol. The van der Waals surface area contributed by atoms with Gasteiger partial charge in [0.1, 0.15) is 5.75 Å². The van der Waals surface area contributed by atoms with Crippen LogP contribution in [0.3, 0.4) is 0 Å². The monoisotopic (exact) mass is 204 g/mol. The van der Waals surface area contributed by atoms with E-state index in [1.165, 1.54) is 36.0 Å². The topological polar surface area (TPSA) is 20.2 Å². The van der Waals surface area contributed by atoms with Crippen molar-refractivity contribution in [2.45, 2.75) is 51.9 Å². The fraction of sp³-hybridized carbons (Fsp3) is 0.571. The molecule has 0 spiro atoms. The highest BCUT2D eigenvalue weighted by atomic mass is 16.3. The van der Waals surface area contributed by atoms with Gasteiger partial charge < -0.3 is 5.11 Å². The van der Waals surface area contributed by atoms with Crippen molar-refractivity contribution in [2.75, 3.05) is 0 Å². The SMILES string of the molecule is CC(C)(C)c1cc(O)cc2c1CCCC2. The summed E-state index contributed by atoms with van der Waals surface area (Å²) in [6.45, 7) is 6.66. The molecular weight excluding hydrogens is 184 g/mol. The minimum absolute atomic E-state index is 0.139. The molecule has 0 saturated heterocycles. The number of aryl methyl sites for hydroxylation is 1. The number of fused-ring (bicyclic) bond motifs is 1. The first-order valence-electron chi connectivity index (χ1n) is 5.84. The molecule has 1 aromatic carbocycles. The van der Waals surface area contributed by atoms with Gasteiger partial charge in [0.2, 0.25) is 0 Å². The first kappa shape index (κ1) is 10.5. The number of rotatable bonds is 0. The van der Waals surface area contributed by atoms with E-state index >= 15 is 0 Å². The zero-order valence-corrected chi connectivity index (χ0v) is 9.93. The van der Waals surface area contributed by atoms with E-state index < -0.39 is 0 Å². The summed E-state index contributed by atoms with van der Waals surface area (Å²) in [6.07, 6.45) is 4.87. The molecule has 0 fully saturated rings. The molecule has 0 aromatic heterocycles. The molecule has 2 rings (SSSR count). The van der Waals surface area contributed by atoms with Gasteiger partial charge in [0.15, 0.2) is 0 Å². The number of hydrogen-bond acceptors (Lipinski definition) is 1.